The summed E-state index contributed by atoms with van der Waals surface area (Å²) >= 11 is 3.42. The molecule has 2 rings (SSSR count). The Morgan fingerprint density at radius 3 is 3.00 bits per heavy atom. The molecule has 1 aromatic carbocycles. The summed E-state index contributed by atoms with van der Waals surface area (Å²) in [5.74, 6) is -0.157. The summed E-state index contributed by atoms with van der Waals surface area (Å²) in [6.07, 6.45) is 2.05. The van der Waals surface area contributed by atoms with E-state index in [4.69, 9.17) is 5.26 Å². The summed E-state index contributed by atoms with van der Waals surface area (Å²) in [4.78, 5) is 12.2. The molecule has 0 fully saturated rings. The van der Waals surface area contributed by atoms with Crippen molar-refractivity contribution in [3.05, 3.63) is 40.5 Å². The van der Waals surface area contributed by atoms with E-state index in [1.54, 1.807) is 10.9 Å². The van der Waals surface area contributed by atoms with Gasteiger partial charge in [0.15, 0.2) is 0 Å². The van der Waals surface area contributed by atoms with Crippen LogP contribution >= 0.6 is 15.9 Å². The molecule has 2 aromatic rings. The van der Waals surface area contributed by atoms with Crippen LogP contribution in [0.1, 0.15) is 23.7 Å². The maximum atomic E-state index is 12.2. The molecular formula is C15H15BrN4O. The predicted molar refractivity (Wildman–Crippen MR) is 83.6 cm³/mol. The molecule has 21 heavy (non-hydrogen) atoms. The Balaban J connectivity index is 2.44. The summed E-state index contributed by atoms with van der Waals surface area (Å²) in [5.41, 5.74) is 2.01. The van der Waals surface area contributed by atoms with E-state index in [1.807, 2.05) is 31.2 Å². The number of rotatable bonds is 5. The Bertz CT molecular complexity index is 687. The number of nitrogens with zero attached hydrogens (tertiary/aromatic N) is 3. The van der Waals surface area contributed by atoms with Crippen LogP contribution < -0.4 is 5.32 Å². The fourth-order valence-electron chi connectivity index (χ4n) is 1.97. The van der Waals surface area contributed by atoms with E-state index in [-0.39, 0.29) is 5.91 Å². The number of amides is 1. The molecule has 0 saturated heterocycles. The van der Waals surface area contributed by atoms with Crippen LogP contribution in [0.2, 0.25) is 0 Å². The average Bonchev–Trinajstić information content (AvgIpc) is 2.89. The number of aryl methyl sites for hydroxylation is 1. The first-order chi connectivity index (χ1) is 10.2. The van der Waals surface area contributed by atoms with Gasteiger partial charge in [0.05, 0.1) is 24.6 Å². The van der Waals surface area contributed by atoms with E-state index in [0.717, 1.165) is 10.0 Å². The third-order valence-electron chi connectivity index (χ3n) is 2.89. The first-order valence-electron chi connectivity index (χ1n) is 6.64. The zero-order chi connectivity index (χ0) is 15.2. The van der Waals surface area contributed by atoms with Gasteiger partial charge in [-0.25, -0.2) is 0 Å². The number of hydrogen-bond acceptors (Lipinski definition) is 3. The molecule has 0 aliphatic heterocycles. The number of hydrogen-bond donors (Lipinski definition) is 1. The largest absolute Gasteiger partial charge is 0.352 e. The van der Waals surface area contributed by atoms with Gasteiger partial charge in [-0.2, -0.15) is 10.4 Å². The second kappa shape index (κ2) is 7.04. The van der Waals surface area contributed by atoms with Crippen molar-refractivity contribution in [1.29, 1.82) is 5.26 Å². The third kappa shape index (κ3) is 3.70. The highest BCUT2D eigenvalue weighted by molar-refractivity contribution is 9.10. The molecule has 0 aliphatic rings. The molecule has 5 nitrogen and oxygen atoms in total. The van der Waals surface area contributed by atoms with Crippen LogP contribution in [0.15, 0.2) is 34.9 Å². The van der Waals surface area contributed by atoms with Crippen LogP contribution in [0.4, 0.5) is 0 Å². The topological polar surface area (TPSA) is 70.7 Å². The molecule has 0 radical (unpaired) electrons. The van der Waals surface area contributed by atoms with Gasteiger partial charge in [0.25, 0.3) is 5.91 Å². The number of carbonyl (C=O) groups excluding carboxylic acids is 1. The molecule has 1 amide bonds. The monoisotopic (exact) mass is 346 g/mol. The molecule has 1 N–H and O–H groups in total. The van der Waals surface area contributed by atoms with Crippen molar-refractivity contribution in [2.75, 3.05) is 6.54 Å². The Labute approximate surface area is 131 Å². The van der Waals surface area contributed by atoms with E-state index < -0.39 is 0 Å². The lowest BCUT2D eigenvalue weighted by Crippen LogP contribution is -2.22. The van der Waals surface area contributed by atoms with Crippen molar-refractivity contribution in [3.8, 4) is 17.3 Å². The van der Waals surface area contributed by atoms with Crippen LogP contribution in [-0.4, -0.2) is 22.2 Å². The summed E-state index contributed by atoms with van der Waals surface area (Å²) < 4.78 is 2.57. The molecule has 0 aliphatic carbocycles. The number of halogens is 1. The molecule has 0 saturated carbocycles. The van der Waals surface area contributed by atoms with Gasteiger partial charge in [-0.05, 0) is 19.1 Å². The van der Waals surface area contributed by atoms with E-state index >= 15 is 0 Å². The Morgan fingerprint density at radius 1 is 1.52 bits per heavy atom. The summed E-state index contributed by atoms with van der Waals surface area (Å²) in [5, 5.41) is 15.9. The smallest absolute Gasteiger partial charge is 0.255 e. The van der Waals surface area contributed by atoms with E-state index in [0.29, 0.717) is 30.8 Å². The standard InChI is InChI=1S/C15H15BrN4O/c1-2-18-15(21)13-10-20(8-4-7-17)19-14(13)11-5-3-6-12(16)9-11/h3,5-6,9-10H,2,4,8H2,1H3,(H,18,21). The van der Waals surface area contributed by atoms with Crippen LogP contribution in [0, 0.1) is 11.3 Å². The van der Waals surface area contributed by atoms with Gasteiger partial charge < -0.3 is 5.32 Å². The molecule has 1 heterocycles. The summed E-state index contributed by atoms with van der Waals surface area (Å²) in [7, 11) is 0. The molecule has 6 heteroatoms. The minimum atomic E-state index is -0.157. The van der Waals surface area contributed by atoms with Crippen LogP contribution in [0.5, 0.6) is 0 Å². The normalized spacial score (nSPS) is 10.1. The SMILES string of the molecule is CCNC(=O)c1cn(CCC#N)nc1-c1cccc(Br)c1. The first-order valence-corrected chi connectivity index (χ1v) is 7.43. The Kier molecular flexibility index (Phi) is 5.12. The number of carbonyl (C=O) groups is 1. The molecule has 0 unspecified atom stereocenters. The predicted octanol–water partition coefficient (Wildman–Crippen LogP) is 2.98. The van der Waals surface area contributed by atoms with Crippen molar-refractivity contribution in [3.63, 3.8) is 0 Å². The van der Waals surface area contributed by atoms with Gasteiger partial charge in [0.2, 0.25) is 0 Å². The first kappa shape index (κ1) is 15.3. The highest BCUT2D eigenvalue weighted by Crippen LogP contribution is 2.25. The number of nitriles is 1. The van der Waals surface area contributed by atoms with Gasteiger partial charge in [-0.15, -0.1) is 0 Å². The van der Waals surface area contributed by atoms with Gasteiger partial charge in [-0.1, -0.05) is 28.1 Å². The lowest BCUT2D eigenvalue weighted by molar-refractivity contribution is 0.0956. The van der Waals surface area contributed by atoms with Crippen LogP contribution in [0.25, 0.3) is 11.3 Å². The van der Waals surface area contributed by atoms with E-state index in [9.17, 15) is 4.79 Å². The third-order valence-corrected chi connectivity index (χ3v) is 3.39. The minimum absolute atomic E-state index is 0.157. The maximum absolute atomic E-state index is 12.2. The van der Waals surface area contributed by atoms with Gasteiger partial charge in [-0.3, -0.25) is 9.48 Å². The molecular weight excluding hydrogens is 332 g/mol. The van der Waals surface area contributed by atoms with Crippen molar-refractivity contribution in [2.45, 2.75) is 19.9 Å². The molecule has 0 bridgehead atoms. The Hall–Kier alpha value is -2.13. The highest BCUT2D eigenvalue weighted by atomic mass is 79.9. The van der Waals surface area contributed by atoms with Crippen LogP contribution in [0.3, 0.4) is 0 Å². The maximum Gasteiger partial charge on any atom is 0.255 e. The average molecular weight is 347 g/mol. The lowest BCUT2D eigenvalue weighted by Gasteiger charge is -2.03. The highest BCUT2D eigenvalue weighted by Gasteiger charge is 2.17. The lowest BCUT2D eigenvalue weighted by atomic mass is 10.1. The van der Waals surface area contributed by atoms with E-state index in [2.05, 4.69) is 32.4 Å². The summed E-state index contributed by atoms with van der Waals surface area (Å²) in [6, 6.07) is 9.72. The number of nitrogens with one attached hydrogen (secondary N) is 1. The zero-order valence-electron chi connectivity index (χ0n) is 11.6. The second-order valence-corrected chi connectivity index (χ2v) is 5.35. The molecule has 1 aromatic heterocycles. The molecule has 108 valence electrons. The molecule has 0 spiro atoms. The van der Waals surface area contributed by atoms with Crippen LogP contribution in [-0.2, 0) is 6.54 Å². The van der Waals surface area contributed by atoms with Gasteiger partial charge in [0, 0.05) is 22.8 Å². The molecule has 0 atom stereocenters. The number of aromatic nitrogens is 2. The quantitative estimate of drug-likeness (QED) is 0.904. The fraction of sp³-hybridized carbons (Fsp3) is 0.267. The van der Waals surface area contributed by atoms with Crippen molar-refractivity contribution < 1.29 is 4.79 Å². The Morgan fingerprint density at radius 2 is 2.33 bits per heavy atom. The van der Waals surface area contributed by atoms with Crippen molar-refractivity contribution >= 4 is 21.8 Å². The van der Waals surface area contributed by atoms with Gasteiger partial charge >= 0.3 is 0 Å². The van der Waals surface area contributed by atoms with Crippen molar-refractivity contribution in [1.82, 2.24) is 15.1 Å². The summed E-state index contributed by atoms with van der Waals surface area (Å²) in [6.45, 7) is 2.90. The fourth-order valence-corrected chi connectivity index (χ4v) is 2.37. The zero-order valence-corrected chi connectivity index (χ0v) is 13.2. The van der Waals surface area contributed by atoms with Gasteiger partial charge in [0.1, 0.15) is 5.69 Å². The van der Waals surface area contributed by atoms with Crippen molar-refractivity contribution in [2.24, 2.45) is 0 Å². The second-order valence-electron chi connectivity index (χ2n) is 4.43. The minimum Gasteiger partial charge on any atom is -0.352 e. The number of benzene rings is 1. The van der Waals surface area contributed by atoms with E-state index in [1.165, 1.54) is 0 Å².